The molecule has 1 rings (SSSR count). The maximum Gasteiger partial charge on any atom is 0.224 e. The number of amidine groups is 1. The number of nitrogens with zero attached hydrogens (tertiary/aromatic N) is 4. The van der Waals surface area contributed by atoms with E-state index in [9.17, 15) is 4.79 Å². The first-order chi connectivity index (χ1) is 7.90. The quantitative estimate of drug-likeness (QED) is 0.498. The zero-order valence-corrected chi connectivity index (χ0v) is 11.6. The molecule has 0 radical (unpaired) electrons. The SMILES string of the molecule is CO/N=C(/N)c1nc(Br)n(C)c1N(C)C(C)=O. The molecule has 0 aliphatic heterocycles. The lowest BCUT2D eigenvalue weighted by Gasteiger charge is -2.16. The van der Waals surface area contributed by atoms with Crippen molar-refractivity contribution in [3.8, 4) is 0 Å². The molecule has 1 heterocycles. The van der Waals surface area contributed by atoms with Crippen LogP contribution < -0.4 is 10.6 Å². The molecular formula is C9H14BrN5O2. The number of oxime groups is 1. The number of imidazole rings is 1. The molecular weight excluding hydrogens is 290 g/mol. The highest BCUT2D eigenvalue weighted by molar-refractivity contribution is 9.10. The zero-order chi connectivity index (χ0) is 13.2. The van der Waals surface area contributed by atoms with E-state index >= 15 is 0 Å². The van der Waals surface area contributed by atoms with Gasteiger partial charge in [-0.2, -0.15) is 0 Å². The highest BCUT2D eigenvalue weighted by Gasteiger charge is 2.22. The van der Waals surface area contributed by atoms with E-state index in [2.05, 4.69) is 30.9 Å². The largest absolute Gasteiger partial charge is 0.397 e. The number of hydrogen-bond acceptors (Lipinski definition) is 4. The maximum atomic E-state index is 11.4. The van der Waals surface area contributed by atoms with E-state index in [4.69, 9.17) is 5.73 Å². The van der Waals surface area contributed by atoms with E-state index in [1.807, 2.05) is 0 Å². The Hall–Kier alpha value is -1.57. The second kappa shape index (κ2) is 5.17. The van der Waals surface area contributed by atoms with Gasteiger partial charge in [0.1, 0.15) is 12.9 Å². The summed E-state index contributed by atoms with van der Waals surface area (Å²) in [7, 11) is 4.78. The van der Waals surface area contributed by atoms with E-state index in [1.165, 1.54) is 18.9 Å². The first-order valence-electron chi connectivity index (χ1n) is 4.73. The summed E-state index contributed by atoms with van der Waals surface area (Å²) in [4.78, 5) is 21.6. The van der Waals surface area contributed by atoms with Crippen molar-refractivity contribution in [2.24, 2.45) is 17.9 Å². The van der Waals surface area contributed by atoms with E-state index in [1.54, 1.807) is 18.7 Å². The molecule has 1 aromatic rings. The fourth-order valence-electron chi connectivity index (χ4n) is 1.31. The average molecular weight is 304 g/mol. The smallest absolute Gasteiger partial charge is 0.224 e. The molecule has 0 atom stereocenters. The molecule has 0 spiro atoms. The summed E-state index contributed by atoms with van der Waals surface area (Å²) >= 11 is 3.27. The van der Waals surface area contributed by atoms with Gasteiger partial charge in [0.25, 0.3) is 0 Å². The first kappa shape index (κ1) is 13.5. The third kappa shape index (κ3) is 2.57. The highest BCUT2D eigenvalue weighted by atomic mass is 79.9. The van der Waals surface area contributed by atoms with Crippen LogP contribution in [0.25, 0.3) is 0 Å². The molecule has 0 saturated heterocycles. The van der Waals surface area contributed by atoms with Crippen LogP contribution in [0.5, 0.6) is 0 Å². The van der Waals surface area contributed by atoms with Gasteiger partial charge in [-0.05, 0) is 15.9 Å². The summed E-state index contributed by atoms with van der Waals surface area (Å²) in [6.07, 6.45) is 0. The Kier molecular flexibility index (Phi) is 4.11. The second-order valence-corrected chi connectivity index (χ2v) is 4.06. The molecule has 94 valence electrons. The normalized spacial score (nSPS) is 11.5. The number of nitrogens with two attached hydrogens (primary N) is 1. The molecule has 0 saturated carbocycles. The number of amides is 1. The van der Waals surface area contributed by atoms with Crippen LogP contribution in [0.15, 0.2) is 9.89 Å². The summed E-state index contributed by atoms with van der Waals surface area (Å²) in [5.41, 5.74) is 6.10. The van der Waals surface area contributed by atoms with Gasteiger partial charge < -0.3 is 15.1 Å². The topological polar surface area (TPSA) is 85.7 Å². The standard InChI is InChI=1S/C9H14BrN5O2/c1-5(16)14(2)8-6(7(11)13-17-4)12-9(10)15(8)3/h1-4H3,(H2,11,13). The van der Waals surface area contributed by atoms with Gasteiger partial charge in [-0.15, -0.1) is 0 Å². The molecule has 7 nitrogen and oxygen atoms in total. The Bertz CT molecular complexity index is 468. The molecule has 0 aromatic carbocycles. The molecule has 2 N–H and O–H groups in total. The summed E-state index contributed by atoms with van der Waals surface area (Å²) in [5, 5.41) is 3.61. The van der Waals surface area contributed by atoms with Gasteiger partial charge in [0.2, 0.25) is 5.91 Å². The second-order valence-electron chi connectivity index (χ2n) is 3.35. The zero-order valence-electron chi connectivity index (χ0n) is 10.1. The van der Waals surface area contributed by atoms with Crippen molar-refractivity contribution in [3.05, 3.63) is 10.4 Å². The molecule has 17 heavy (non-hydrogen) atoms. The number of carbonyl (C=O) groups excluding carboxylic acids is 1. The predicted octanol–water partition coefficient (Wildman–Crippen LogP) is 0.432. The minimum absolute atomic E-state index is 0.108. The monoisotopic (exact) mass is 303 g/mol. The number of halogens is 1. The van der Waals surface area contributed by atoms with Gasteiger partial charge in [0.15, 0.2) is 16.3 Å². The van der Waals surface area contributed by atoms with Gasteiger partial charge in [-0.25, -0.2) is 4.98 Å². The van der Waals surface area contributed by atoms with Crippen molar-refractivity contribution in [2.45, 2.75) is 6.92 Å². The molecule has 0 fully saturated rings. The van der Waals surface area contributed by atoms with Crippen LogP contribution in [-0.2, 0) is 16.7 Å². The molecule has 0 aliphatic rings. The third-order valence-corrected chi connectivity index (χ3v) is 2.94. The van der Waals surface area contributed by atoms with Crippen LogP contribution in [0.2, 0.25) is 0 Å². The van der Waals surface area contributed by atoms with Gasteiger partial charge in [0.05, 0.1) is 0 Å². The fourth-order valence-corrected chi connectivity index (χ4v) is 1.66. The highest BCUT2D eigenvalue weighted by Crippen LogP contribution is 2.23. The van der Waals surface area contributed by atoms with Crippen molar-refractivity contribution in [1.29, 1.82) is 0 Å². The number of aromatic nitrogens is 2. The van der Waals surface area contributed by atoms with Crippen molar-refractivity contribution >= 4 is 33.5 Å². The van der Waals surface area contributed by atoms with E-state index in [0.717, 1.165) is 0 Å². The van der Waals surface area contributed by atoms with Crippen LogP contribution in [-0.4, -0.2) is 35.5 Å². The van der Waals surface area contributed by atoms with Crippen molar-refractivity contribution in [1.82, 2.24) is 9.55 Å². The summed E-state index contributed by atoms with van der Waals surface area (Å²) in [5.74, 6) is 0.520. The molecule has 0 bridgehead atoms. The maximum absolute atomic E-state index is 11.4. The Morgan fingerprint density at radius 1 is 1.65 bits per heavy atom. The minimum atomic E-state index is -0.132. The van der Waals surface area contributed by atoms with Crippen LogP contribution in [0.3, 0.4) is 0 Å². The van der Waals surface area contributed by atoms with Crippen molar-refractivity contribution in [2.75, 3.05) is 19.1 Å². The molecule has 8 heteroatoms. The summed E-state index contributed by atoms with van der Waals surface area (Å²) in [6, 6.07) is 0. The van der Waals surface area contributed by atoms with Crippen molar-refractivity contribution < 1.29 is 9.63 Å². The summed E-state index contributed by atoms with van der Waals surface area (Å²) in [6.45, 7) is 1.45. The lowest BCUT2D eigenvalue weighted by Crippen LogP contribution is -2.28. The van der Waals surface area contributed by atoms with Crippen LogP contribution in [0.4, 0.5) is 5.82 Å². The minimum Gasteiger partial charge on any atom is -0.397 e. The van der Waals surface area contributed by atoms with E-state index in [-0.39, 0.29) is 11.7 Å². The molecule has 0 unspecified atom stereocenters. The Labute approximate surface area is 107 Å². The predicted molar refractivity (Wildman–Crippen MR) is 67.7 cm³/mol. The lowest BCUT2D eigenvalue weighted by atomic mass is 10.3. The number of hydrogen-bond donors (Lipinski definition) is 1. The number of carbonyl (C=O) groups is 1. The summed E-state index contributed by atoms with van der Waals surface area (Å²) < 4.78 is 2.24. The Morgan fingerprint density at radius 3 is 2.71 bits per heavy atom. The van der Waals surface area contributed by atoms with E-state index < -0.39 is 0 Å². The fraction of sp³-hybridized carbons (Fsp3) is 0.444. The Morgan fingerprint density at radius 2 is 2.24 bits per heavy atom. The average Bonchev–Trinajstić information content (AvgIpc) is 2.55. The molecule has 1 amide bonds. The van der Waals surface area contributed by atoms with Gasteiger partial charge in [0, 0.05) is 21.0 Å². The lowest BCUT2D eigenvalue weighted by molar-refractivity contribution is -0.116. The van der Waals surface area contributed by atoms with E-state index in [0.29, 0.717) is 16.2 Å². The number of anilines is 1. The molecule has 0 aliphatic carbocycles. The Balaban J connectivity index is 3.37. The van der Waals surface area contributed by atoms with Crippen molar-refractivity contribution in [3.63, 3.8) is 0 Å². The van der Waals surface area contributed by atoms with Crippen LogP contribution in [0.1, 0.15) is 12.6 Å². The first-order valence-corrected chi connectivity index (χ1v) is 5.53. The van der Waals surface area contributed by atoms with Crippen LogP contribution >= 0.6 is 15.9 Å². The number of rotatable bonds is 3. The van der Waals surface area contributed by atoms with Crippen LogP contribution in [0, 0.1) is 0 Å². The third-order valence-electron chi connectivity index (χ3n) is 2.23. The van der Waals surface area contributed by atoms with Gasteiger partial charge in [-0.3, -0.25) is 9.69 Å². The molecule has 1 aromatic heterocycles. The van der Waals surface area contributed by atoms with Gasteiger partial charge >= 0.3 is 0 Å². The van der Waals surface area contributed by atoms with Gasteiger partial charge in [-0.1, -0.05) is 5.16 Å².